The largest absolute Gasteiger partial charge is 0.458 e. The maximum Gasteiger partial charge on any atom is 0.303 e. The van der Waals surface area contributed by atoms with Crippen molar-refractivity contribution in [3.05, 3.63) is 11.6 Å². The molecule has 5 rings (SSSR count). The Morgan fingerprint density at radius 3 is 2.46 bits per heavy atom. The molecule has 0 aromatic heterocycles. The minimum Gasteiger partial charge on any atom is -0.458 e. The van der Waals surface area contributed by atoms with Crippen molar-refractivity contribution in [2.45, 2.75) is 118 Å². The Morgan fingerprint density at radius 2 is 1.77 bits per heavy atom. The van der Waals surface area contributed by atoms with E-state index in [2.05, 4.69) is 40.7 Å². The molecule has 1 saturated heterocycles. The lowest BCUT2D eigenvalue weighted by Crippen LogP contribution is -2.59. The molecular weight excluding hydrogens is 436 g/mol. The molecule has 0 amide bonds. The molecule has 0 bridgehead atoms. The number of rotatable bonds is 6. The predicted octanol–water partition coefficient (Wildman–Crippen LogP) is 7.31. The maximum absolute atomic E-state index is 11.7. The van der Waals surface area contributed by atoms with Gasteiger partial charge in [-0.25, -0.2) is 0 Å². The molecule has 1 heterocycles. The molecule has 1 aliphatic heterocycles. The minimum absolute atomic E-state index is 0.0756. The van der Waals surface area contributed by atoms with E-state index in [-0.39, 0.29) is 17.5 Å². The van der Waals surface area contributed by atoms with Gasteiger partial charge in [0.15, 0.2) is 5.79 Å². The Hall–Kier alpha value is -0.870. The summed E-state index contributed by atoms with van der Waals surface area (Å²) in [6.07, 6.45) is 14.6. The quantitative estimate of drug-likeness (QED) is 0.292. The average molecular weight is 487 g/mol. The monoisotopic (exact) mass is 486 g/mol. The van der Waals surface area contributed by atoms with E-state index < -0.39 is 5.79 Å². The number of carbonyl (C=O) groups is 1. The molecule has 0 radical (unpaired) electrons. The van der Waals surface area contributed by atoms with Gasteiger partial charge in [0.25, 0.3) is 0 Å². The zero-order valence-electron chi connectivity index (χ0n) is 23.2. The van der Waals surface area contributed by atoms with Crippen LogP contribution in [0.25, 0.3) is 0 Å². The van der Waals surface area contributed by atoms with Crippen molar-refractivity contribution >= 4 is 5.97 Å². The second-order valence-electron chi connectivity index (χ2n) is 13.7. The van der Waals surface area contributed by atoms with Crippen molar-refractivity contribution < 1.29 is 19.0 Å². The van der Waals surface area contributed by atoms with Crippen molar-refractivity contribution in [1.29, 1.82) is 0 Å². The van der Waals surface area contributed by atoms with Crippen LogP contribution in [0.5, 0.6) is 0 Å². The Morgan fingerprint density at radius 1 is 1.03 bits per heavy atom. The standard InChI is InChI=1S/C31H50O4/c1-20(2)8-7-9-21(3)25-10-11-26-24-19-31(33-16-17-34-31)28-18-23(35-22(4)32)12-14-30(28,6)27(24)13-15-29(25,26)5/h18,20-21,23-27H,7-17,19H2,1-6H3/t21-,23+,24+,25-,26+,27+,29-,30-/m1/s1. The summed E-state index contributed by atoms with van der Waals surface area (Å²) >= 11 is 0. The molecule has 4 aliphatic carbocycles. The number of esters is 1. The van der Waals surface area contributed by atoms with Crippen LogP contribution >= 0.6 is 0 Å². The molecule has 4 nitrogen and oxygen atoms in total. The number of hydrogen-bond acceptors (Lipinski definition) is 4. The SMILES string of the molecule is CC(=O)O[C@@H]1C=C2C3(C[C@H]4[C@@H]5CC[C@H]([C@H](C)CCCC(C)C)[C@@]5(C)CC[C@@H]4[C@@]2(C)CC1)OCCO3. The van der Waals surface area contributed by atoms with Gasteiger partial charge in [-0.1, -0.05) is 53.9 Å². The first-order chi connectivity index (χ1) is 16.6. The first-order valence-electron chi connectivity index (χ1n) is 14.8. The van der Waals surface area contributed by atoms with Crippen molar-refractivity contribution in [3.8, 4) is 0 Å². The highest BCUT2D eigenvalue weighted by Crippen LogP contribution is 2.70. The summed E-state index contributed by atoms with van der Waals surface area (Å²) in [4.78, 5) is 11.7. The lowest BCUT2D eigenvalue weighted by atomic mass is 9.45. The molecule has 3 saturated carbocycles. The fourth-order valence-electron chi connectivity index (χ4n) is 9.83. The smallest absolute Gasteiger partial charge is 0.303 e. The topological polar surface area (TPSA) is 44.8 Å². The van der Waals surface area contributed by atoms with Gasteiger partial charge in [0.05, 0.1) is 13.2 Å². The van der Waals surface area contributed by atoms with Crippen LogP contribution in [0.2, 0.25) is 0 Å². The molecule has 35 heavy (non-hydrogen) atoms. The highest BCUT2D eigenvalue weighted by molar-refractivity contribution is 5.66. The summed E-state index contributed by atoms with van der Waals surface area (Å²) in [7, 11) is 0. The lowest BCUT2D eigenvalue weighted by Gasteiger charge is -2.62. The second-order valence-corrected chi connectivity index (χ2v) is 13.7. The molecule has 0 aromatic rings. The van der Waals surface area contributed by atoms with E-state index in [0.717, 1.165) is 42.9 Å². The summed E-state index contributed by atoms with van der Waals surface area (Å²) in [6, 6.07) is 0. The highest BCUT2D eigenvalue weighted by atomic mass is 16.7. The van der Waals surface area contributed by atoms with Crippen LogP contribution in [0.4, 0.5) is 0 Å². The summed E-state index contributed by atoms with van der Waals surface area (Å²) in [5, 5.41) is 0. The zero-order valence-corrected chi connectivity index (χ0v) is 23.2. The van der Waals surface area contributed by atoms with E-state index in [1.54, 1.807) is 0 Å². The van der Waals surface area contributed by atoms with Crippen molar-refractivity contribution in [3.63, 3.8) is 0 Å². The van der Waals surface area contributed by atoms with Crippen LogP contribution in [-0.4, -0.2) is 31.1 Å². The van der Waals surface area contributed by atoms with Crippen molar-refractivity contribution in [1.82, 2.24) is 0 Å². The Balaban J connectivity index is 1.41. The average Bonchev–Trinajstić information content (AvgIpc) is 3.39. The molecular formula is C31H50O4. The number of fused-ring (bicyclic) bond motifs is 6. The summed E-state index contributed by atoms with van der Waals surface area (Å²) < 4.78 is 18.7. The van der Waals surface area contributed by atoms with Gasteiger partial charge >= 0.3 is 5.97 Å². The van der Waals surface area contributed by atoms with Gasteiger partial charge in [-0.15, -0.1) is 0 Å². The van der Waals surface area contributed by atoms with Gasteiger partial charge in [0, 0.05) is 13.3 Å². The minimum atomic E-state index is -0.603. The van der Waals surface area contributed by atoms with Gasteiger partial charge < -0.3 is 14.2 Å². The van der Waals surface area contributed by atoms with Crippen LogP contribution < -0.4 is 0 Å². The number of carbonyl (C=O) groups excluding carboxylic acids is 1. The van der Waals surface area contributed by atoms with Crippen LogP contribution in [0.1, 0.15) is 106 Å². The van der Waals surface area contributed by atoms with E-state index in [9.17, 15) is 4.79 Å². The van der Waals surface area contributed by atoms with Crippen LogP contribution in [0.15, 0.2) is 11.6 Å². The lowest BCUT2D eigenvalue weighted by molar-refractivity contribution is -0.207. The summed E-state index contributed by atoms with van der Waals surface area (Å²) in [6.45, 7) is 15.2. The Kier molecular flexibility index (Phi) is 6.96. The van der Waals surface area contributed by atoms with E-state index in [4.69, 9.17) is 14.2 Å². The molecule has 4 heteroatoms. The molecule has 5 aliphatic rings. The molecule has 0 N–H and O–H groups in total. The van der Waals surface area contributed by atoms with Crippen molar-refractivity contribution in [2.75, 3.05) is 13.2 Å². The second kappa shape index (κ2) is 9.46. The van der Waals surface area contributed by atoms with Gasteiger partial charge in [-0.3, -0.25) is 4.79 Å². The fourth-order valence-corrected chi connectivity index (χ4v) is 9.83. The van der Waals surface area contributed by atoms with Gasteiger partial charge in [0.2, 0.25) is 0 Å². The molecule has 4 fully saturated rings. The molecule has 1 spiro atoms. The van der Waals surface area contributed by atoms with Crippen molar-refractivity contribution in [2.24, 2.45) is 46.3 Å². The maximum atomic E-state index is 11.7. The number of hydrogen-bond donors (Lipinski definition) is 0. The Labute approximate surface area is 213 Å². The van der Waals surface area contributed by atoms with E-state index in [1.165, 1.54) is 57.4 Å². The highest BCUT2D eigenvalue weighted by Gasteiger charge is 2.65. The third-order valence-electron chi connectivity index (χ3n) is 11.4. The first-order valence-corrected chi connectivity index (χ1v) is 14.8. The normalized spacial score (nSPS) is 42.8. The predicted molar refractivity (Wildman–Crippen MR) is 139 cm³/mol. The van der Waals surface area contributed by atoms with Crippen LogP contribution in [-0.2, 0) is 19.0 Å². The summed E-state index contributed by atoms with van der Waals surface area (Å²) in [5.41, 5.74) is 1.82. The number of ether oxygens (including phenoxy) is 3. The molecule has 8 atom stereocenters. The van der Waals surface area contributed by atoms with Gasteiger partial charge in [-0.2, -0.15) is 0 Å². The van der Waals surface area contributed by atoms with E-state index in [0.29, 0.717) is 30.5 Å². The van der Waals surface area contributed by atoms with Gasteiger partial charge in [-0.05, 0) is 96.5 Å². The van der Waals surface area contributed by atoms with E-state index in [1.807, 2.05) is 0 Å². The zero-order chi connectivity index (χ0) is 25.0. The third-order valence-corrected chi connectivity index (χ3v) is 11.4. The first kappa shape index (κ1) is 25.8. The van der Waals surface area contributed by atoms with E-state index >= 15 is 0 Å². The molecule has 198 valence electrons. The Bertz CT molecular complexity index is 826. The summed E-state index contributed by atoms with van der Waals surface area (Å²) in [5.74, 6) is 3.80. The van der Waals surface area contributed by atoms with Crippen LogP contribution in [0, 0.1) is 46.3 Å². The molecule has 0 aromatic carbocycles. The third kappa shape index (κ3) is 4.33. The van der Waals surface area contributed by atoms with Gasteiger partial charge in [0.1, 0.15) is 6.10 Å². The van der Waals surface area contributed by atoms with Crippen LogP contribution in [0.3, 0.4) is 0 Å². The fraction of sp³-hybridized carbons (Fsp3) is 0.903. The molecule has 0 unspecified atom stereocenters.